The lowest BCUT2D eigenvalue weighted by atomic mass is 10.0. The normalized spacial score (nSPS) is 11.0. The van der Waals surface area contributed by atoms with Crippen molar-refractivity contribution in [2.75, 3.05) is 5.32 Å². The number of thiazole rings is 1. The number of pyridine rings is 2. The lowest BCUT2D eigenvalue weighted by Crippen LogP contribution is -1.93. The van der Waals surface area contributed by atoms with Crippen LogP contribution in [0.2, 0.25) is 0 Å². The highest BCUT2D eigenvalue weighted by atomic mass is 32.1. The summed E-state index contributed by atoms with van der Waals surface area (Å²) in [5, 5.41) is 4.19. The Hall–Kier alpha value is -2.79. The van der Waals surface area contributed by atoms with Crippen molar-refractivity contribution < 1.29 is 0 Å². The van der Waals surface area contributed by atoms with Gasteiger partial charge in [0.2, 0.25) is 0 Å². The quantitative estimate of drug-likeness (QED) is 0.540. The third kappa shape index (κ3) is 3.23. The molecule has 3 aromatic heterocycles. The average molecular weight is 346 g/mol. The molecule has 0 spiro atoms. The monoisotopic (exact) mass is 346 g/mol. The second-order valence-electron chi connectivity index (χ2n) is 5.92. The predicted molar refractivity (Wildman–Crippen MR) is 104 cm³/mol. The van der Waals surface area contributed by atoms with Gasteiger partial charge in [0.15, 0.2) is 5.13 Å². The minimum Gasteiger partial charge on any atom is -0.316 e. The van der Waals surface area contributed by atoms with Crippen molar-refractivity contribution in [1.29, 1.82) is 0 Å². The Bertz CT molecular complexity index is 1040. The fourth-order valence-corrected chi connectivity index (χ4v) is 3.73. The summed E-state index contributed by atoms with van der Waals surface area (Å²) in [4.78, 5) is 13.2. The van der Waals surface area contributed by atoms with E-state index in [4.69, 9.17) is 0 Å². The summed E-state index contributed by atoms with van der Waals surface area (Å²) >= 11 is 1.64. The van der Waals surface area contributed by atoms with E-state index in [1.807, 2.05) is 24.7 Å². The van der Waals surface area contributed by atoms with Crippen LogP contribution in [0.4, 0.5) is 10.9 Å². The van der Waals surface area contributed by atoms with E-state index in [-0.39, 0.29) is 0 Å². The van der Waals surface area contributed by atoms with Crippen LogP contribution in [0, 0.1) is 6.92 Å². The first-order valence-electron chi connectivity index (χ1n) is 8.26. The van der Waals surface area contributed by atoms with E-state index in [1.54, 1.807) is 11.3 Å². The molecule has 0 bridgehead atoms. The van der Waals surface area contributed by atoms with Crippen molar-refractivity contribution in [2.24, 2.45) is 0 Å². The highest BCUT2D eigenvalue weighted by molar-refractivity contribution is 7.22. The van der Waals surface area contributed by atoms with E-state index in [9.17, 15) is 0 Å². The fraction of sp³-hybridized carbons (Fsp3) is 0.150. The first kappa shape index (κ1) is 15.7. The van der Waals surface area contributed by atoms with Gasteiger partial charge in [0, 0.05) is 18.6 Å². The van der Waals surface area contributed by atoms with E-state index in [1.165, 1.54) is 22.3 Å². The summed E-state index contributed by atoms with van der Waals surface area (Å²) in [5.74, 6) is 0.837. The lowest BCUT2D eigenvalue weighted by molar-refractivity contribution is 1.12. The number of aryl methyl sites for hydroxylation is 2. The molecule has 3 heterocycles. The van der Waals surface area contributed by atoms with Gasteiger partial charge in [-0.2, -0.15) is 0 Å². The molecular weight excluding hydrogens is 328 g/mol. The zero-order valence-electron chi connectivity index (χ0n) is 14.2. The highest BCUT2D eigenvalue weighted by Crippen LogP contribution is 2.32. The van der Waals surface area contributed by atoms with Crippen LogP contribution in [-0.4, -0.2) is 15.0 Å². The van der Waals surface area contributed by atoms with E-state index < -0.39 is 0 Å². The predicted octanol–water partition coefficient (Wildman–Crippen LogP) is 5.37. The maximum atomic E-state index is 4.68. The number of nitrogens with zero attached hydrogens (tertiary/aromatic N) is 3. The summed E-state index contributed by atoms with van der Waals surface area (Å²) in [6.07, 6.45) is 6.55. The Morgan fingerprint density at radius 1 is 1.08 bits per heavy atom. The maximum absolute atomic E-state index is 4.68. The molecule has 25 heavy (non-hydrogen) atoms. The Labute approximate surface area is 150 Å². The minimum atomic E-state index is 0.837. The van der Waals surface area contributed by atoms with Crippen molar-refractivity contribution in [3.05, 3.63) is 66.1 Å². The van der Waals surface area contributed by atoms with Crippen LogP contribution in [-0.2, 0) is 6.42 Å². The Morgan fingerprint density at radius 3 is 2.84 bits per heavy atom. The fourth-order valence-electron chi connectivity index (χ4n) is 2.82. The molecule has 124 valence electrons. The molecule has 5 heteroatoms. The molecule has 0 saturated carbocycles. The van der Waals surface area contributed by atoms with Gasteiger partial charge in [-0.1, -0.05) is 24.3 Å². The van der Waals surface area contributed by atoms with Gasteiger partial charge in [-0.05, 0) is 65.9 Å². The third-order valence-corrected chi connectivity index (χ3v) is 5.12. The van der Waals surface area contributed by atoms with Gasteiger partial charge in [0.1, 0.15) is 5.82 Å². The summed E-state index contributed by atoms with van der Waals surface area (Å²) < 4.78 is 1.16. The Balaban J connectivity index is 1.67. The number of rotatable bonds is 4. The molecule has 1 N–H and O–H groups in total. The number of aromatic nitrogens is 3. The first-order valence-corrected chi connectivity index (χ1v) is 9.08. The molecule has 0 amide bonds. The molecule has 0 aliphatic carbocycles. The zero-order chi connectivity index (χ0) is 17.2. The molecule has 0 aliphatic rings. The van der Waals surface area contributed by atoms with Crippen LogP contribution in [0.25, 0.3) is 21.3 Å². The minimum absolute atomic E-state index is 0.837. The van der Waals surface area contributed by atoms with Crippen molar-refractivity contribution in [3.8, 4) is 11.1 Å². The first-order chi connectivity index (χ1) is 12.2. The zero-order valence-corrected chi connectivity index (χ0v) is 15.0. The standard InChI is InChI=1S/C20H18N4S/c1-3-14-6-9-22-19(10-14)24-20-23-17-5-4-15(11-18(17)25-20)16-7-8-21-12-13(16)2/h4-12H,3H2,1-2H3,(H,22,23,24). The van der Waals surface area contributed by atoms with Crippen molar-refractivity contribution in [3.63, 3.8) is 0 Å². The van der Waals surface area contributed by atoms with E-state index in [2.05, 4.69) is 64.4 Å². The lowest BCUT2D eigenvalue weighted by Gasteiger charge is -2.04. The highest BCUT2D eigenvalue weighted by Gasteiger charge is 2.08. The van der Waals surface area contributed by atoms with Gasteiger partial charge in [-0.25, -0.2) is 9.97 Å². The number of hydrogen-bond acceptors (Lipinski definition) is 5. The van der Waals surface area contributed by atoms with Crippen molar-refractivity contribution in [1.82, 2.24) is 15.0 Å². The van der Waals surface area contributed by atoms with Gasteiger partial charge in [-0.3, -0.25) is 4.98 Å². The van der Waals surface area contributed by atoms with Crippen LogP contribution < -0.4 is 5.32 Å². The molecular formula is C20H18N4S. The molecule has 0 unspecified atom stereocenters. The molecule has 0 radical (unpaired) electrons. The Kier molecular flexibility index (Phi) is 4.15. The molecule has 0 atom stereocenters. The van der Waals surface area contributed by atoms with Crippen molar-refractivity contribution >= 4 is 32.5 Å². The maximum Gasteiger partial charge on any atom is 0.189 e. The van der Waals surface area contributed by atoms with Gasteiger partial charge in [0.05, 0.1) is 10.2 Å². The summed E-state index contributed by atoms with van der Waals surface area (Å²) in [5.41, 5.74) is 5.82. The number of benzene rings is 1. The van der Waals surface area contributed by atoms with E-state index >= 15 is 0 Å². The van der Waals surface area contributed by atoms with Gasteiger partial charge < -0.3 is 5.32 Å². The number of fused-ring (bicyclic) bond motifs is 1. The van der Waals surface area contributed by atoms with Crippen LogP contribution in [0.15, 0.2) is 55.0 Å². The largest absolute Gasteiger partial charge is 0.316 e. The molecule has 0 saturated heterocycles. The van der Waals surface area contributed by atoms with E-state index in [0.717, 1.165) is 27.6 Å². The van der Waals surface area contributed by atoms with Gasteiger partial charge in [0.25, 0.3) is 0 Å². The molecule has 0 aliphatic heterocycles. The van der Waals surface area contributed by atoms with Gasteiger partial charge in [-0.15, -0.1) is 0 Å². The smallest absolute Gasteiger partial charge is 0.189 e. The van der Waals surface area contributed by atoms with Crippen LogP contribution >= 0.6 is 11.3 Å². The Morgan fingerprint density at radius 2 is 2.00 bits per heavy atom. The molecule has 4 nitrogen and oxygen atoms in total. The third-order valence-electron chi connectivity index (χ3n) is 4.19. The summed E-state index contributed by atoms with van der Waals surface area (Å²) in [6.45, 7) is 4.22. The summed E-state index contributed by atoms with van der Waals surface area (Å²) in [7, 11) is 0. The van der Waals surface area contributed by atoms with Crippen LogP contribution in [0.5, 0.6) is 0 Å². The number of nitrogens with one attached hydrogen (secondary N) is 1. The average Bonchev–Trinajstić information content (AvgIpc) is 3.03. The SMILES string of the molecule is CCc1ccnc(Nc2nc3ccc(-c4ccncc4C)cc3s2)c1. The second kappa shape index (κ2) is 6.61. The van der Waals surface area contributed by atoms with Gasteiger partial charge >= 0.3 is 0 Å². The molecule has 4 rings (SSSR count). The van der Waals surface area contributed by atoms with Crippen LogP contribution in [0.1, 0.15) is 18.1 Å². The number of anilines is 2. The van der Waals surface area contributed by atoms with E-state index in [0.29, 0.717) is 0 Å². The molecule has 1 aromatic carbocycles. The van der Waals surface area contributed by atoms with Crippen molar-refractivity contribution in [2.45, 2.75) is 20.3 Å². The molecule has 4 aromatic rings. The topological polar surface area (TPSA) is 50.7 Å². The summed E-state index contributed by atoms with van der Waals surface area (Å²) in [6, 6.07) is 12.5. The molecule has 0 fully saturated rings. The number of hydrogen-bond donors (Lipinski definition) is 1. The second-order valence-corrected chi connectivity index (χ2v) is 6.95. The van der Waals surface area contributed by atoms with Crippen LogP contribution in [0.3, 0.4) is 0 Å².